The highest BCUT2D eigenvalue weighted by molar-refractivity contribution is 14.0. The van der Waals surface area contributed by atoms with Gasteiger partial charge in [0.2, 0.25) is 0 Å². The molecule has 1 saturated heterocycles. The first-order chi connectivity index (χ1) is 13.2. The van der Waals surface area contributed by atoms with Crippen molar-refractivity contribution < 1.29 is 13.9 Å². The number of hydrogen-bond acceptors (Lipinski definition) is 3. The van der Waals surface area contributed by atoms with Crippen molar-refractivity contribution in [1.29, 1.82) is 0 Å². The molecule has 5 nitrogen and oxygen atoms in total. The third kappa shape index (κ3) is 6.84. The lowest BCUT2D eigenvalue weighted by atomic mass is 9.95. The van der Waals surface area contributed by atoms with Crippen LogP contribution in [-0.4, -0.2) is 51.5 Å². The van der Waals surface area contributed by atoms with E-state index in [0.717, 1.165) is 76.5 Å². The Morgan fingerprint density at radius 2 is 2.00 bits per heavy atom. The number of rotatable bonds is 9. The molecule has 1 aromatic rings. The molecule has 0 unspecified atom stereocenters. The van der Waals surface area contributed by atoms with Crippen molar-refractivity contribution >= 4 is 29.9 Å². The Hall–Kier alpha value is -0.930. The van der Waals surface area contributed by atoms with Gasteiger partial charge in [0.1, 0.15) is 5.82 Å². The predicted molar refractivity (Wildman–Crippen MR) is 121 cm³/mol. The van der Waals surface area contributed by atoms with Gasteiger partial charge in [0, 0.05) is 38.3 Å². The van der Waals surface area contributed by atoms with E-state index in [1.165, 1.54) is 0 Å². The van der Waals surface area contributed by atoms with Crippen LogP contribution in [0.4, 0.5) is 4.39 Å². The van der Waals surface area contributed by atoms with Gasteiger partial charge in [-0.25, -0.2) is 4.39 Å². The van der Waals surface area contributed by atoms with E-state index in [9.17, 15) is 4.39 Å². The van der Waals surface area contributed by atoms with Gasteiger partial charge >= 0.3 is 0 Å². The van der Waals surface area contributed by atoms with E-state index in [1.807, 2.05) is 12.1 Å². The standard InChI is InChI=1S/C21H32FN3O2.HI/c1-2-23-20(24-12-5-13-27-17-8-14-26-15-9-17)25-16-21(10-11-21)18-6-3-4-7-19(18)22;/h3-4,6-7,17H,2,5,8-16H2,1H3,(H2,23,24,25);1H. The van der Waals surface area contributed by atoms with Gasteiger partial charge in [-0.1, -0.05) is 18.2 Å². The van der Waals surface area contributed by atoms with E-state index < -0.39 is 0 Å². The second kappa shape index (κ2) is 11.9. The summed E-state index contributed by atoms with van der Waals surface area (Å²) in [5.74, 6) is 0.680. The molecule has 1 heterocycles. The second-order valence-corrected chi connectivity index (χ2v) is 7.42. The van der Waals surface area contributed by atoms with Crippen molar-refractivity contribution in [1.82, 2.24) is 10.6 Å². The monoisotopic (exact) mass is 505 g/mol. The summed E-state index contributed by atoms with van der Waals surface area (Å²) in [6, 6.07) is 7.09. The first-order valence-corrected chi connectivity index (χ1v) is 10.2. The molecule has 1 saturated carbocycles. The third-order valence-electron chi connectivity index (χ3n) is 5.32. The maximum absolute atomic E-state index is 14.1. The van der Waals surface area contributed by atoms with E-state index in [1.54, 1.807) is 12.1 Å². The Bertz CT molecular complexity index is 619. The predicted octanol–water partition coefficient (Wildman–Crippen LogP) is 3.62. The lowest BCUT2D eigenvalue weighted by Crippen LogP contribution is -2.39. The maximum atomic E-state index is 14.1. The zero-order valence-electron chi connectivity index (χ0n) is 16.7. The van der Waals surface area contributed by atoms with Crippen molar-refractivity contribution in [3.05, 3.63) is 35.6 Å². The summed E-state index contributed by atoms with van der Waals surface area (Å²) in [4.78, 5) is 4.72. The number of benzene rings is 1. The smallest absolute Gasteiger partial charge is 0.191 e. The van der Waals surface area contributed by atoms with Crippen molar-refractivity contribution in [3.8, 4) is 0 Å². The fourth-order valence-corrected chi connectivity index (χ4v) is 3.50. The summed E-state index contributed by atoms with van der Waals surface area (Å²) >= 11 is 0. The zero-order valence-corrected chi connectivity index (χ0v) is 19.0. The molecule has 0 amide bonds. The molecule has 3 rings (SSSR count). The number of hydrogen-bond donors (Lipinski definition) is 2. The van der Waals surface area contributed by atoms with Crippen LogP contribution >= 0.6 is 24.0 Å². The van der Waals surface area contributed by atoms with Gasteiger partial charge < -0.3 is 20.1 Å². The van der Waals surface area contributed by atoms with Crippen molar-refractivity contribution in [3.63, 3.8) is 0 Å². The van der Waals surface area contributed by atoms with Crippen LogP contribution in [0.1, 0.15) is 44.6 Å². The number of ether oxygens (including phenoxy) is 2. The SMILES string of the molecule is CCNC(=NCC1(c2ccccc2F)CC1)NCCCOC1CCOCC1.I. The van der Waals surface area contributed by atoms with Crippen LogP contribution < -0.4 is 10.6 Å². The first kappa shape index (κ1) is 23.3. The molecule has 0 bridgehead atoms. The van der Waals surface area contributed by atoms with Crippen LogP contribution in [-0.2, 0) is 14.9 Å². The Kier molecular flexibility index (Phi) is 9.94. The number of halogens is 2. The van der Waals surface area contributed by atoms with Crippen LogP contribution in [0.2, 0.25) is 0 Å². The van der Waals surface area contributed by atoms with E-state index >= 15 is 0 Å². The Balaban J connectivity index is 0.00000280. The van der Waals surface area contributed by atoms with Crippen LogP contribution in [0.15, 0.2) is 29.3 Å². The fraction of sp³-hybridized carbons (Fsp3) is 0.667. The molecule has 0 spiro atoms. The molecule has 28 heavy (non-hydrogen) atoms. The van der Waals surface area contributed by atoms with Gasteiger partial charge in [0.05, 0.1) is 12.6 Å². The molecule has 1 aromatic carbocycles. The van der Waals surface area contributed by atoms with Gasteiger partial charge in [0.15, 0.2) is 5.96 Å². The normalized spacial score (nSPS) is 19.0. The van der Waals surface area contributed by atoms with E-state index in [-0.39, 0.29) is 35.2 Å². The van der Waals surface area contributed by atoms with Gasteiger partial charge in [0.25, 0.3) is 0 Å². The second-order valence-electron chi connectivity index (χ2n) is 7.42. The molecule has 0 radical (unpaired) electrons. The summed E-state index contributed by atoms with van der Waals surface area (Å²) in [7, 11) is 0. The molecule has 1 aliphatic heterocycles. The number of aliphatic imine (C=N–C) groups is 1. The molecule has 158 valence electrons. The van der Waals surface area contributed by atoms with Crippen molar-refractivity contribution in [2.45, 2.75) is 50.5 Å². The molecule has 0 aromatic heterocycles. The van der Waals surface area contributed by atoms with E-state index in [4.69, 9.17) is 14.5 Å². The maximum Gasteiger partial charge on any atom is 0.191 e. The summed E-state index contributed by atoms with van der Waals surface area (Å²) in [5, 5.41) is 6.64. The van der Waals surface area contributed by atoms with Crippen molar-refractivity contribution in [2.75, 3.05) is 39.5 Å². The fourth-order valence-electron chi connectivity index (χ4n) is 3.50. The van der Waals surface area contributed by atoms with E-state index in [0.29, 0.717) is 12.6 Å². The average molecular weight is 505 g/mol. The van der Waals surface area contributed by atoms with Gasteiger partial charge in [-0.15, -0.1) is 24.0 Å². The van der Waals surface area contributed by atoms with E-state index in [2.05, 4.69) is 17.6 Å². The molecular formula is C21H33FIN3O2. The van der Waals surface area contributed by atoms with Gasteiger partial charge in [-0.3, -0.25) is 4.99 Å². The quantitative estimate of drug-likeness (QED) is 0.233. The van der Waals surface area contributed by atoms with Gasteiger partial charge in [-0.2, -0.15) is 0 Å². The molecular weight excluding hydrogens is 472 g/mol. The summed E-state index contributed by atoms with van der Waals surface area (Å²) in [6.07, 6.45) is 5.26. The number of guanidine groups is 1. The minimum absolute atomic E-state index is 0. The molecule has 1 aliphatic carbocycles. The van der Waals surface area contributed by atoms with Crippen LogP contribution in [0.5, 0.6) is 0 Å². The Morgan fingerprint density at radius 1 is 1.25 bits per heavy atom. The minimum Gasteiger partial charge on any atom is -0.381 e. The third-order valence-corrected chi connectivity index (χ3v) is 5.32. The highest BCUT2D eigenvalue weighted by atomic mass is 127. The van der Waals surface area contributed by atoms with Crippen LogP contribution in [0.25, 0.3) is 0 Å². The minimum atomic E-state index is -0.125. The Morgan fingerprint density at radius 3 is 2.68 bits per heavy atom. The van der Waals surface area contributed by atoms with Crippen molar-refractivity contribution in [2.24, 2.45) is 4.99 Å². The summed E-state index contributed by atoms with van der Waals surface area (Å²) < 4.78 is 25.4. The van der Waals surface area contributed by atoms with Crippen LogP contribution in [0, 0.1) is 5.82 Å². The lowest BCUT2D eigenvalue weighted by molar-refractivity contribution is -0.0320. The highest BCUT2D eigenvalue weighted by Crippen LogP contribution is 2.49. The molecule has 0 atom stereocenters. The summed E-state index contributed by atoms with van der Waals surface area (Å²) in [6.45, 7) is 6.64. The van der Waals surface area contributed by atoms with Crippen LogP contribution in [0.3, 0.4) is 0 Å². The lowest BCUT2D eigenvalue weighted by Gasteiger charge is -2.22. The molecule has 7 heteroatoms. The topological polar surface area (TPSA) is 54.9 Å². The summed E-state index contributed by atoms with van der Waals surface area (Å²) in [5.41, 5.74) is 0.675. The molecule has 2 fully saturated rings. The number of nitrogens with one attached hydrogen (secondary N) is 2. The zero-order chi connectivity index (χ0) is 19.0. The molecule has 2 N–H and O–H groups in total. The number of nitrogens with zero attached hydrogens (tertiary/aromatic N) is 1. The molecule has 2 aliphatic rings. The first-order valence-electron chi connectivity index (χ1n) is 10.2. The average Bonchev–Trinajstić information content (AvgIpc) is 3.48. The van der Waals surface area contributed by atoms with Gasteiger partial charge in [-0.05, 0) is 50.7 Å². The highest BCUT2D eigenvalue weighted by Gasteiger charge is 2.45. The Labute approximate surface area is 184 Å². The largest absolute Gasteiger partial charge is 0.381 e.